The summed E-state index contributed by atoms with van der Waals surface area (Å²) in [7, 11) is 1.54. The minimum atomic E-state index is -0.857. The van der Waals surface area contributed by atoms with Crippen LogP contribution < -0.4 is 4.74 Å². The van der Waals surface area contributed by atoms with Crippen LogP contribution in [0.1, 0.15) is 31.7 Å². The molecule has 1 saturated heterocycles. The van der Waals surface area contributed by atoms with Crippen molar-refractivity contribution in [1.82, 2.24) is 4.90 Å². The molecule has 1 atom stereocenters. The van der Waals surface area contributed by atoms with Crippen molar-refractivity contribution in [2.45, 2.75) is 38.3 Å². The Balaban J connectivity index is 2.21. The molecule has 1 unspecified atom stereocenters. The molecule has 0 radical (unpaired) electrons. The molecular formula is C15H21NO4. The Labute approximate surface area is 118 Å². The fourth-order valence-corrected chi connectivity index (χ4v) is 2.68. The van der Waals surface area contributed by atoms with Crippen molar-refractivity contribution in [1.29, 1.82) is 0 Å². The lowest BCUT2D eigenvalue weighted by molar-refractivity contribution is -0.153. The van der Waals surface area contributed by atoms with E-state index in [-0.39, 0.29) is 5.75 Å². The Kier molecular flexibility index (Phi) is 4.18. The first-order valence-corrected chi connectivity index (χ1v) is 6.81. The Morgan fingerprint density at radius 3 is 2.80 bits per heavy atom. The van der Waals surface area contributed by atoms with Crippen LogP contribution in [0.2, 0.25) is 0 Å². The average molecular weight is 279 g/mol. The largest absolute Gasteiger partial charge is 0.507 e. The first-order chi connectivity index (χ1) is 9.47. The molecule has 5 heteroatoms. The first-order valence-electron chi connectivity index (χ1n) is 6.81. The van der Waals surface area contributed by atoms with Crippen molar-refractivity contribution in [3.05, 3.63) is 23.8 Å². The summed E-state index contributed by atoms with van der Waals surface area (Å²) in [4.78, 5) is 13.5. The smallest absolute Gasteiger partial charge is 0.323 e. The van der Waals surface area contributed by atoms with E-state index in [4.69, 9.17) is 4.74 Å². The van der Waals surface area contributed by atoms with Crippen molar-refractivity contribution in [3.63, 3.8) is 0 Å². The molecule has 1 fully saturated rings. The number of carbonyl (C=O) groups is 1. The number of carboxylic acids is 1. The number of phenolic OH excluding ortho intramolecular Hbond substituents is 1. The van der Waals surface area contributed by atoms with E-state index in [1.54, 1.807) is 32.2 Å². The van der Waals surface area contributed by atoms with Crippen LogP contribution >= 0.6 is 0 Å². The number of aromatic hydroxyl groups is 1. The second-order valence-corrected chi connectivity index (χ2v) is 5.45. The van der Waals surface area contributed by atoms with E-state index in [2.05, 4.69) is 0 Å². The predicted octanol–water partition coefficient (Wildman–Crippen LogP) is 2.23. The van der Waals surface area contributed by atoms with Crippen LogP contribution in [0.5, 0.6) is 11.5 Å². The number of benzene rings is 1. The number of carboxylic acid groups (broad SMARTS) is 1. The number of rotatable bonds is 4. The van der Waals surface area contributed by atoms with Gasteiger partial charge in [0.25, 0.3) is 0 Å². The summed E-state index contributed by atoms with van der Waals surface area (Å²) in [5.74, 6) is -0.0706. The lowest BCUT2D eigenvalue weighted by Gasteiger charge is -2.41. The Bertz CT molecular complexity index is 503. The monoisotopic (exact) mass is 279 g/mol. The van der Waals surface area contributed by atoms with Crippen LogP contribution in [0.15, 0.2) is 18.2 Å². The molecule has 110 valence electrons. The maximum atomic E-state index is 11.5. The van der Waals surface area contributed by atoms with Crippen LogP contribution in [-0.4, -0.2) is 40.3 Å². The van der Waals surface area contributed by atoms with Crippen molar-refractivity contribution in [2.24, 2.45) is 0 Å². The minimum Gasteiger partial charge on any atom is -0.507 e. The number of methoxy groups -OCH3 is 1. The molecule has 1 aromatic carbocycles. The molecule has 0 amide bonds. The molecule has 2 N–H and O–H groups in total. The van der Waals surface area contributed by atoms with E-state index in [0.717, 1.165) is 24.9 Å². The molecule has 20 heavy (non-hydrogen) atoms. The summed E-state index contributed by atoms with van der Waals surface area (Å²) in [6.45, 7) is 2.92. The van der Waals surface area contributed by atoms with E-state index in [1.165, 1.54) is 0 Å². The Morgan fingerprint density at radius 1 is 1.45 bits per heavy atom. The summed E-state index contributed by atoms with van der Waals surface area (Å²) in [5, 5.41) is 19.5. The maximum absolute atomic E-state index is 11.5. The van der Waals surface area contributed by atoms with Gasteiger partial charge in [-0.05, 0) is 38.8 Å². The average Bonchev–Trinajstić information content (AvgIpc) is 2.43. The van der Waals surface area contributed by atoms with Gasteiger partial charge in [0.15, 0.2) is 0 Å². The van der Waals surface area contributed by atoms with Gasteiger partial charge < -0.3 is 14.9 Å². The summed E-state index contributed by atoms with van der Waals surface area (Å²) >= 11 is 0. The zero-order valence-electron chi connectivity index (χ0n) is 11.9. The number of piperidine rings is 1. The SMILES string of the molecule is COc1ccc(CN2CCCCC2(C)C(=O)O)c(O)c1. The lowest BCUT2D eigenvalue weighted by atomic mass is 9.88. The lowest BCUT2D eigenvalue weighted by Crippen LogP contribution is -2.54. The third-order valence-corrected chi connectivity index (χ3v) is 4.15. The second-order valence-electron chi connectivity index (χ2n) is 5.45. The molecular weight excluding hydrogens is 258 g/mol. The highest BCUT2D eigenvalue weighted by molar-refractivity contribution is 5.78. The molecule has 0 spiro atoms. The van der Waals surface area contributed by atoms with Crippen LogP contribution in [0, 0.1) is 0 Å². The van der Waals surface area contributed by atoms with Crippen molar-refractivity contribution in [3.8, 4) is 11.5 Å². The van der Waals surface area contributed by atoms with Crippen LogP contribution in [0.4, 0.5) is 0 Å². The van der Waals surface area contributed by atoms with Gasteiger partial charge in [-0.3, -0.25) is 9.69 Å². The highest BCUT2D eigenvalue weighted by atomic mass is 16.5. The zero-order chi connectivity index (χ0) is 14.8. The zero-order valence-corrected chi connectivity index (χ0v) is 11.9. The standard InChI is InChI=1S/C15H21NO4/c1-15(14(18)19)7-3-4-8-16(15)10-11-5-6-12(20-2)9-13(11)17/h5-6,9,17H,3-4,7-8,10H2,1-2H3,(H,18,19). The quantitative estimate of drug-likeness (QED) is 0.884. The Hall–Kier alpha value is -1.75. The number of ether oxygens (including phenoxy) is 1. The van der Waals surface area contributed by atoms with Gasteiger partial charge in [-0.15, -0.1) is 0 Å². The van der Waals surface area contributed by atoms with E-state index in [0.29, 0.717) is 18.7 Å². The molecule has 0 saturated carbocycles. The molecule has 2 rings (SSSR count). The Morgan fingerprint density at radius 2 is 2.20 bits per heavy atom. The summed E-state index contributed by atoms with van der Waals surface area (Å²) in [5.41, 5.74) is -0.134. The summed E-state index contributed by atoms with van der Waals surface area (Å²) in [6, 6.07) is 5.11. The van der Waals surface area contributed by atoms with E-state index in [1.807, 2.05) is 4.90 Å². The molecule has 1 aliphatic rings. The van der Waals surface area contributed by atoms with Gasteiger partial charge in [0, 0.05) is 18.2 Å². The van der Waals surface area contributed by atoms with Gasteiger partial charge in [-0.2, -0.15) is 0 Å². The normalized spacial score (nSPS) is 23.5. The van der Waals surface area contributed by atoms with E-state index < -0.39 is 11.5 Å². The van der Waals surface area contributed by atoms with Gasteiger partial charge in [0.1, 0.15) is 17.0 Å². The first kappa shape index (κ1) is 14.7. The van der Waals surface area contributed by atoms with Gasteiger partial charge in [0.2, 0.25) is 0 Å². The molecule has 0 aromatic heterocycles. The number of aliphatic carboxylic acids is 1. The van der Waals surface area contributed by atoms with Crippen molar-refractivity contribution >= 4 is 5.97 Å². The molecule has 1 aliphatic heterocycles. The highest BCUT2D eigenvalue weighted by Gasteiger charge is 2.41. The van der Waals surface area contributed by atoms with Crippen LogP contribution in [0.3, 0.4) is 0 Å². The number of hydrogen-bond acceptors (Lipinski definition) is 4. The van der Waals surface area contributed by atoms with Crippen molar-refractivity contribution in [2.75, 3.05) is 13.7 Å². The number of likely N-dealkylation sites (tertiary alicyclic amines) is 1. The fourth-order valence-electron chi connectivity index (χ4n) is 2.68. The molecule has 0 bridgehead atoms. The summed E-state index contributed by atoms with van der Waals surface area (Å²) in [6.07, 6.45) is 2.55. The van der Waals surface area contributed by atoms with Crippen LogP contribution in [-0.2, 0) is 11.3 Å². The summed E-state index contributed by atoms with van der Waals surface area (Å²) < 4.78 is 5.05. The third-order valence-electron chi connectivity index (χ3n) is 4.15. The van der Waals surface area contributed by atoms with Gasteiger partial charge in [-0.25, -0.2) is 0 Å². The van der Waals surface area contributed by atoms with E-state index >= 15 is 0 Å². The molecule has 1 heterocycles. The van der Waals surface area contributed by atoms with Gasteiger partial charge >= 0.3 is 5.97 Å². The predicted molar refractivity (Wildman–Crippen MR) is 75.0 cm³/mol. The third kappa shape index (κ3) is 2.72. The maximum Gasteiger partial charge on any atom is 0.323 e. The fraction of sp³-hybridized carbons (Fsp3) is 0.533. The number of hydrogen-bond donors (Lipinski definition) is 2. The topological polar surface area (TPSA) is 70.0 Å². The minimum absolute atomic E-state index is 0.141. The van der Waals surface area contributed by atoms with Crippen molar-refractivity contribution < 1.29 is 19.7 Å². The van der Waals surface area contributed by atoms with Gasteiger partial charge in [-0.1, -0.05) is 6.07 Å². The highest BCUT2D eigenvalue weighted by Crippen LogP contribution is 2.32. The van der Waals surface area contributed by atoms with Crippen LogP contribution in [0.25, 0.3) is 0 Å². The molecule has 0 aliphatic carbocycles. The second kappa shape index (κ2) is 5.71. The molecule has 5 nitrogen and oxygen atoms in total. The number of phenols is 1. The number of nitrogens with zero attached hydrogens (tertiary/aromatic N) is 1. The molecule has 1 aromatic rings. The van der Waals surface area contributed by atoms with E-state index in [9.17, 15) is 15.0 Å². The van der Waals surface area contributed by atoms with Gasteiger partial charge in [0.05, 0.1) is 7.11 Å².